The summed E-state index contributed by atoms with van der Waals surface area (Å²) in [6.45, 7) is 9.01. The number of carbonyl (C=O) groups excluding carboxylic acids is 1. The van der Waals surface area contributed by atoms with Gasteiger partial charge in [-0.3, -0.25) is 4.79 Å². The normalized spacial score (nSPS) is 14.2. The van der Waals surface area contributed by atoms with Crippen molar-refractivity contribution in [3.05, 3.63) is 17.7 Å². The predicted molar refractivity (Wildman–Crippen MR) is 93.2 cm³/mol. The maximum Gasteiger partial charge on any atom is 0.271 e. The van der Waals surface area contributed by atoms with Gasteiger partial charge in [0.15, 0.2) is 11.5 Å². The molecule has 0 spiro atoms. The van der Waals surface area contributed by atoms with Crippen LogP contribution in [0, 0.1) is 5.92 Å². The van der Waals surface area contributed by atoms with Gasteiger partial charge in [-0.15, -0.1) is 0 Å². The zero-order valence-corrected chi connectivity index (χ0v) is 14.8. The van der Waals surface area contributed by atoms with Crippen molar-refractivity contribution in [2.24, 2.45) is 11.0 Å². The van der Waals surface area contributed by atoms with E-state index in [0.717, 1.165) is 18.6 Å². The Hall–Kier alpha value is -2.24. The Kier molecular flexibility index (Phi) is 6.46. The zero-order valence-electron chi connectivity index (χ0n) is 14.8. The molecule has 132 valence electrons. The minimum Gasteiger partial charge on any atom is -0.490 e. The molecule has 1 aliphatic carbocycles. The van der Waals surface area contributed by atoms with Gasteiger partial charge in [0.05, 0.1) is 19.8 Å². The SMILES string of the molecule is CCOc1cc(C(=O)N/N=C(\C)C2CC2)cc(OCC)c1OCC. The number of hydrogen-bond donors (Lipinski definition) is 1. The van der Waals surface area contributed by atoms with Crippen LogP contribution in [-0.2, 0) is 0 Å². The highest BCUT2D eigenvalue weighted by molar-refractivity contribution is 5.97. The summed E-state index contributed by atoms with van der Waals surface area (Å²) in [5.74, 6) is 1.75. The third-order valence-electron chi connectivity index (χ3n) is 3.67. The van der Waals surface area contributed by atoms with Gasteiger partial charge in [-0.25, -0.2) is 5.43 Å². The number of amides is 1. The molecule has 0 heterocycles. The van der Waals surface area contributed by atoms with E-state index in [1.807, 2.05) is 27.7 Å². The van der Waals surface area contributed by atoms with Gasteiger partial charge in [-0.1, -0.05) is 0 Å². The Morgan fingerprint density at radius 3 is 2.08 bits per heavy atom. The van der Waals surface area contributed by atoms with E-state index >= 15 is 0 Å². The summed E-state index contributed by atoms with van der Waals surface area (Å²) in [6.07, 6.45) is 2.30. The van der Waals surface area contributed by atoms with Crippen molar-refractivity contribution >= 4 is 11.6 Å². The average molecular weight is 334 g/mol. The number of rotatable bonds is 9. The number of ether oxygens (including phenoxy) is 3. The molecule has 2 rings (SSSR count). The highest BCUT2D eigenvalue weighted by Gasteiger charge is 2.25. The van der Waals surface area contributed by atoms with E-state index in [-0.39, 0.29) is 5.91 Å². The van der Waals surface area contributed by atoms with Crippen LogP contribution >= 0.6 is 0 Å². The molecule has 1 N–H and O–H groups in total. The molecule has 0 bridgehead atoms. The second-order valence-corrected chi connectivity index (χ2v) is 5.57. The molecule has 0 atom stereocenters. The van der Waals surface area contributed by atoms with E-state index in [9.17, 15) is 4.79 Å². The molecule has 0 radical (unpaired) electrons. The van der Waals surface area contributed by atoms with Gasteiger partial charge in [0.1, 0.15) is 0 Å². The first-order chi connectivity index (χ1) is 11.6. The molecule has 1 aromatic rings. The number of benzene rings is 1. The van der Waals surface area contributed by atoms with Crippen LogP contribution in [0.2, 0.25) is 0 Å². The van der Waals surface area contributed by atoms with E-state index in [1.165, 1.54) is 0 Å². The summed E-state index contributed by atoms with van der Waals surface area (Å²) < 4.78 is 16.9. The highest BCUT2D eigenvalue weighted by Crippen LogP contribution is 2.39. The van der Waals surface area contributed by atoms with Crippen LogP contribution in [0.3, 0.4) is 0 Å². The lowest BCUT2D eigenvalue weighted by molar-refractivity contribution is 0.0953. The van der Waals surface area contributed by atoms with Gasteiger partial charge in [0, 0.05) is 11.3 Å². The van der Waals surface area contributed by atoms with Crippen LogP contribution in [0.25, 0.3) is 0 Å². The molecule has 0 aliphatic heterocycles. The molecule has 0 unspecified atom stereocenters. The smallest absolute Gasteiger partial charge is 0.271 e. The van der Waals surface area contributed by atoms with Gasteiger partial charge < -0.3 is 14.2 Å². The Morgan fingerprint density at radius 2 is 1.62 bits per heavy atom. The molecule has 0 aromatic heterocycles. The molecule has 1 aromatic carbocycles. The van der Waals surface area contributed by atoms with Crippen molar-refractivity contribution in [3.8, 4) is 17.2 Å². The van der Waals surface area contributed by atoms with Crippen LogP contribution in [0.4, 0.5) is 0 Å². The lowest BCUT2D eigenvalue weighted by Crippen LogP contribution is -2.20. The molecular formula is C18H26N2O4. The van der Waals surface area contributed by atoms with Gasteiger partial charge >= 0.3 is 0 Å². The Labute approximate surface area is 143 Å². The minimum absolute atomic E-state index is 0.292. The molecule has 0 saturated heterocycles. The first-order valence-electron chi connectivity index (χ1n) is 8.51. The maximum absolute atomic E-state index is 12.4. The molecule has 1 saturated carbocycles. The first kappa shape index (κ1) is 18.1. The van der Waals surface area contributed by atoms with Crippen LogP contribution in [0.15, 0.2) is 17.2 Å². The summed E-state index contributed by atoms with van der Waals surface area (Å²) in [5, 5.41) is 4.18. The molecule has 1 amide bonds. The summed E-state index contributed by atoms with van der Waals surface area (Å²) in [5.41, 5.74) is 4.00. The van der Waals surface area contributed by atoms with Crippen LogP contribution in [0.5, 0.6) is 17.2 Å². The van der Waals surface area contributed by atoms with Gasteiger partial charge in [0.25, 0.3) is 5.91 Å². The maximum atomic E-state index is 12.4. The standard InChI is InChI=1S/C18H26N2O4/c1-5-22-15-10-14(11-16(23-6-2)17(15)24-7-3)18(21)20-19-12(4)13-8-9-13/h10-11,13H,5-9H2,1-4H3,(H,20,21)/b19-12+. The van der Waals surface area contributed by atoms with Crippen molar-refractivity contribution < 1.29 is 19.0 Å². The van der Waals surface area contributed by atoms with E-state index in [4.69, 9.17) is 14.2 Å². The number of nitrogens with one attached hydrogen (secondary N) is 1. The monoisotopic (exact) mass is 334 g/mol. The Bertz CT molecular complexity index is 582. The second-order valence-electron chi connectivity index (χ2n) is 5.57. The largest absolute Gasteiger partial charge is 0.490 e. The fraction of sp³-hybridized carbons (Fsp3) is 0.556. The minimum atomic E-state index is -0.292. The Balaban J connectivity index is 2.27. The lowest BCUT2D eigenvalue weighted by atomic mass is 10.1. The zero-order chi connectivity index (χ0) is 17.5. The molecule has 24 heavy (non-hydrogen) atoms. The summed E-state index contributed by atoms with van der Waals surface area (Å²) in [7, 11) is 0. The van der Waals surface area contributed by atoms with Gasteiger partial charge in [-0.2, -0.15) is 5.10 Å². The van der Waals surface area contributed by atoms with Crippen LogP contribution < -0.4 is 19.6 Å². The first-order valence-corrected chi connectivity index (χ1v) is 8.51. The fourth-order valence-corrected chi connectivity index (χ4v) is 2.32. The summed E-state index contributed by atoms with van der Waals surface area (Å²) in [6, 6.07) is 3.32. The number of nitrogens with zero attached hydrogens (tertiary/aromatic N) is 1. The van der Waals surface area contributed by atoms with E-state index < -0.39 is 0 Å². The topological polar surface area (TPSA) is 69.2 Å². The number of carbonyl (C=O) groups is 1. The van der Waals surface area contributed by atoms with Crippen molar-refractivity contribution in [3.63, 3.8) is 0 Å². The van der Waals surface area contributed by atoms with Gasteiger partial charge in [0.2, 0.25) is 5.75 Å². The van der Waals surface area contributed by atoms with E-state index in [1.54, 1.807) is 12.1 Å². The van der Waals surface area contributed by atoms with Crippen LogP contribution in [0.1, 0.15) is 50.9 Å². The molecular weight excluding hydrogens is 308 g/mol. The lowest BCUT2D eigenvalue weighted by Gasteiger charge is -2.16. The van der Waals surface area contributed by atoms with Gasteiger partial charge in [-0.05, 0) is 58.6 Å². The van der Waals surface area contributed by atoms with Crippen molar-refractivity contribution in [1.82, 2.24) is 5.43 Å². The number of hydrazone groups is 1. The van der Waals surface area contributed by atoms with Crippen molar-refractivity contribution in [1.29, 1.82) is 0 Å². The molecule has 1 aliphatic rings. The predicted octanol–water partition coefficient (Wildman–Crippen LogP) is 3.40. The van der Waals surface area contributed by atoms with E-state index in [2.05, 4.69) is 10.5 Å². The quantitative estimate of drug-likeness (QED) is 0.555. The van der Waals surface area contributed by atoms with E-state index in [0.29, 0.717) is 48.6 Å². The van der Waals surface area contributed by atoms with Crippen molar-refractivity contribution in [2.75, 3.05) is 19.8 Å². The highest BCUT2D eigenvalue weighted by atomic mass is 16.5. The van der Waals surface area contributed by atoms with Crippen molar-refractivity contribution in [2.45, 2.75) is 40.5 Å². The third kappa shape index (κ3) is 4.63. The second kappa shape index (κ2) is 8.57. The Morgan fingerprint density at radius 1 is 1.08 bits per heavy atom. The summed E-state index contributed by atoms with van der Waals surface area (Å²) >= 11 is 0. The number of hydrogen-bond acceptors (Lipinski definition) is 5. The molecule has 6 heteroatoms. The fourth-order valence-electron chi connectivity index (χ4n) is 2.32. The average Bonchev–Trinajstić information content (AvgIpc) is 3.40. The third-order valence-corrected chi connectivity index (χ3v) is 3.67. The molecule has 1 fully saturated rings. The summed E-state index contributed by atoms with van der Waals surface area (Å²) in [4.78, 5) is 12.4. The molecule has 6 nitrogen and oxygen atoms in total. The van der Waals surface area contributed by atoms with Crippen LogP contribution in [-0.4, -0.2) is 31.4 Å².